The summed E-state index contributed by atoms with van der Waals surface area (Å²) in [6.45, 7) is 10.7. The van der Waals surface area contributed by atoms with E-state index in [4.69, 9.17) is 4.74 Å². The van der Waals surface area contributed by atoms with Crippen LogP contribution in [0.25, 0.3) is 0 Å². The summed E-state index contributed by atoms with van der Waals surface area (Å²) in [5.74, 6) is 1.02. The smallest absolute Gasteiger partial charge is 0.270 e. The SMILES string of the molecule is CCc1cccc(C)c1Nc1cc(C(=O)NCCN2CCOCC2)nc(C)n1. The van der Waals surface area contributed by atoms with Crippen molar-refractivity contribution in [3.63, 3.8) is 0 Å². The molecule has 0 atom stereocenters. The van der Waals surface area contributed by atoms with Crippen LogP contribution in [0.1, 0.15) is 34.4 Å². The lowest BCUT2D eigenvalue weighted by Gasteiger charge is -2.26. The zero-order chi connectivity index (χ0) is 19.9. The van der Waals surface area contributed by atoms with Crippen molar-refractivity contribution in [1.29, 1.82) is 0 Å². The van der Waals surface area contributed by atoms with Gasteiger partial charge in [0.2, 0.25) is 0 Å². The molecule has 7 nitrogen and oxygen atoms in total. The number of ether oxygens (including phenoxy) is 1. The minimum Gasteiger partial charge on any atom is -0.379 e. The van der Waals surface area contributed by atoms with Gasteiger partial charge in [0.15, 0.2) is 0 Å². The Hall–Kier alpha value is -2.51. The summed E-state index contributed by atoms with van der Waals surface area (Å²) >= 11 is 0. The highest BCUT2D eigenvalue weighted by atomic mass is 16.5. The summed E-state index contributed by atoms with van der Waals surface area (Å²) in [6, 6.07) is 7.93. The van der Waals surface area contributed by atoms with Gasteiger partial charge in [-0.15, -0.1) is 0 Å². The van der Waals surface area contributed by atoms with E-state index < -0.39 is 0 Å². The van der Waals surface area contributed by atoms with Crippen LogP contribution in [0.4, 0.5) is 11.5 Å². The maximum Gasteiger partial charge on any atom is 0.270 e. The molecule has 1 fully saturated rings. The van der Waals surface area contributed by atoms with Crippen LogP contribution in [-0.2, 0) is 11.2 Å². The number of aromatic nitrogens is 2. The Balaban J connectivity index is 1.66. The second-order valence-corrected chi connectivity index (χ2v) is 6.98. The molecule has 1 aliphatic heterocycles. The Bertz CT molecular complexity index is 818. The van der Waals surface area contributed by atoms with Crippen LogP contribution in [0.5, 0.6) is 0 Å². The Morgan fingerprint density at radius 3 is 2.75 bits per heavy atom. The number of hydrogen-bond acceptors (Lipinski definition) is 6. The van der Waals surface area contributed by atoms with Crippen molar-refractivity contribution < 1.29 is 9.53 Å². The molecule has 0 aliphatic carbocycles. The van der Waals surface area contributed by atoms with Crippen LogP contribution in [0.3, 0.4) is 0 Å². The quantitative estimate of drug-likeness (QED) is 0.765. The third-order valence-corrected chi connectivity index (χ3v) is 4.88. The van der Waals surface area contributed by atoms with Gasteiger partial charge in [-0.3, -0.25) is 9.69 Å². The first-order valence-electron chi connectivity index (χ1n) is 9.86. The highest BCUT2D eigenvalue weighted by Gasteiger charge is 2.14. The van der Waals surface area contributed by atoms with E-state index in [1.165, 1.54) is 5.56 Å². The van der Waals surface area contributed by atoms with Gasteiger partial charge in [0.25, 0.3) is 5.91 Å². The van der Waals surface area contributed by atoms with Gasteiger partial charge >= 0.3 is 0 Å². The zero-order valence-electron chi connectivity index (χ0n) is 16.9. The van der Waals surface area contributed by atoms with Crippen molar-refractivity contribution in [3.05, 3.63) is 46.9 Å². The van der Waals surface area contributed by atoms with E-state index in [-0.39, 0.29) is 5.91 Å². The number of nitrogens with zero attached hydrogens (tertiary/aromatic N) is 3. The standard InChI is InChI=1S/C21H29N5O2/c1-4-17-7-5-6-15(2)20(17)25-19-14-18(23-16(3)24-19)21(27)22-8-9-26-10-12-28-13-11-26/h5-7,14H,4,8-13H2,1-3H3,(H,22,27)(H,23,24,25). The van der Waals surface area contributed by atoms with Crippen LogP contribution >= 0.6 is 0 Å². The van der Waals surface area contributed by atoms with E-state index in [9.17, 15) is 4.79 Å². The maximum absolute atomic E-state index is 12.6. The molecule has 28 heavy (non-hydrogen) atoms. The normalized spacial score (nSPS) is 14.7. The summed E-state index contributed by atoms with van der Waals surface area (Å²) in [4.78, 5) is 23.6. The van der Waals surface area contributed by atoms with Crippen molar-refractivity contribution in [2.45, 2.75) is 27.2 Å². The Kier molecular flexibility index (Phi) is 6.95. The van der Waals surface area contributed by atoms with E-state index in [1.54, 1.807) is 13.0 Å². The molecule has 1 amide bonds. The predicted octanol–water partition coefficient (Wildman–Crippen LogP) is 2.46. The topological polar surface area (TPSA) is 79.4 Å². The van der Waals surface area contributed by atoms with Gasteiger partial charge < -0.3 is 15.4 Å². The summed E-state index contributed by atoms with van der Waals surface area (Å²) in [6.07, 6.45) is 0.920. The van der Waals surface area contributed by atoms with Crippen molar-refractivity contribution in [1.82, 2.24) is 20.2 Å². The molecule has 1 saturated heterocycles. The van der Waals surface area contributed by atoms with Crippen LogP contribution in [-0.4, -0.2) is 60.2 Å². The maximum atomic E-state index is 12.6. The largest absolute Gasteiger partial charge is 0.379 e. The minimum atomic E-state index is -0.178. The summed E-state index contributed by atoms with van der Waals surface area (Å²) in [5.41, 5.74) is 3.78. The number of rotatable bonds is 7. The fourth-order valence-corrected chi connectivity index (χ4v) is 3.32. The van der Waals surface area contributed by atoms with E-state index >= 15 is 0 Å². The van der Waals surface area contributed by atoms with Crippen molar-refractivity contribution >= 4 is 17.4 Å². The average molecular weight is 383 g/mol. The van der Waals surface area contributed by atoms with Gasteiger partial charge in [-0.25, -0.2) is 9.97 Å². The molecular formula is C21H29N5O2. The molecule has 0 bridgehead atoms. The number of carbonyl (C=O) groups is 1. The molecule has 1 aromatic heterocycles. The van der Waals surface area contributed by atoms with Crippen molar-refractivity contribution in [2.24, 2.45) is 0 Å². The Morgan fingerprint density at radius 1 is 1.21 bits per heavy atom. The first kappa shape index (κ1) is 20.2. The van der Waals surface area contributed by atoms with Gasteiger partial charge in [0, 0.05) is 37.9 Å². The van der Waals surface area contributed by atoms with Gasteiger partial charge in [-0.05, 0) is 31.4 Å². The van der Waals surface area contributed by atoms with E-state index in [2.05, 4.69) is 57.5 Å². The molecule has 0 saturated carbocycles. The number of benzene rings is 1. The highest BCUT2D eigenvalue weighted by molar-refractivity contribution is 5.93. The Labute approximate surface area is 166 Å². The number of nitrogens with one attached hydrogen (secondary N) is 2. The van der Waals surface area contributed by atoms with Gasteiger partial charge in [-0.1, -0.05) is 25.1 Å². The highest BCUT2D eigenvalue weighted by Crippen LogP contribution is 2.24. The van der Waals surface area contributed by atoms with Crippen LogP contribution < -0.4 is 10.6 Å². The van der Waals surface area contributed by atoms with Crippen LogP contribution in [0.2, 0.25) is 0 Å². The van der Waals surface area contributed by atoms with Gasteiger partial charge in [-0.2, -0.15) is 0 Å². The molecular weight excluding hydrogens is 354 g/mol. The lowest BCUT2D eigenvalue weighted by atomic mass is 10.1. The number of morpholine rings is 1. The Morgan fingerprint density at radius 2 is 2.00 bits per heavy atom. The molecule has 0 radical (unpaired) electrons. The predicted molar refractivity (Wildman–Crippen MR) is 110 cm³/mol. The number of carbonyl (C=O) groups excluding carboxylic acids is 1. The monoisotopic (exact) mass is 383 g/mol. The van der Waals surface area contributed by atoms with E-state index in [0.29, 0.717) is 23.9 Å². The summed E-state index contributed by atoms with van der Waals surface area (Å²) < 4.78 is 5.34. The number of amides is 1. The van der Waals surface area contributed by atoms with E-state index in [0.717, 1.165) is 50.5 Å². The molecule has 2 heterocycles. The number of para-hydroxylation sites is 1. The van der Waals surface area contributed by atoms with Gasteiger partial charge in [0.1, 0.15) is 17.3 Å². The van der Waals surface area contributed by atoms with Crippen LogP contribution in [0.15, 0.2) is 24.3 Å². The number of hydrogen-bond donors (Lipinski definition) is 2. The molecule has 0 spiro atoms. The molecule has 1 aliphatic rings. The number of aryl methyl sites for hydroxylation is 3. The second-order valence-electron chi connectivity index (χ2n) is 6.98. The summed E-state index contributed by atoms with van der Waals surface area (Å²) in [7, 11) is 0. The third-order valence-electron chi connectivity index (χ3n) is 4.88. The van der Waals surface area contributed by atoms with Crippen molar-refractivity contribution in [3.8, 4) is 0 Å². The first-order valence-corrected chi connectivity index (χ1v) is 9.86. The third kappa shape index (κ3) is 5.27. The van der Waals surface area contributed by atoms with E-state index in [1.807, 2.05) is 0 Å². The lowest BCUT2D eigenvalue weighted by Crippen LogP contribution is -2.41. The van der Waals surface area contributed by atoms with Crippen molar-refractivity contribution in [2.75, 3.05) is 44.7 Å². The molecule has 150 valence electrons. The number of anilines is 2. The average Bonchev–Trinajstić information content (AvgIpc) is 2.70. The molecule has 7 heteroatoms. The molecule has 3 rings (SSSR count). The molecule has 0 unspecified atom stereocenters. The molecule has 2 N–H and O–H groups in total. The molecule has 1 aromatic carbocycles. The molecule has 2 aromatic rings. The fraction of sp³-hybridized carbons (Fsp3) is 0.476. The van der Waals surface area contributed by atoms with Gasteiger partial charge in [0.05, 0.1) is 13.2 Å². The zero-order valence-corrected chi connectivity index (χ0v) is 16.9. The summed E-state index contributed by atoms with van der Waals surface area (Å²) in [5, 5.41) is 6.34. The fourth-order valence-electron chi connectivity index (χ4n) is 3.32. The first-order chi connectivity index (χ1) is 13.6. The van der Waals surface area contributed by atoms with Crippen LogP contribution in [0, 0.1) is 13.8 Å². The lowest BCUT2D eigenvalue weighted by molar-refractivity contribution is 0.0383. The minimum absolute atomic E-state index is 0.178. The second kappa shape index (κ2) is 9.61.